The number of rotatable bonds is 39. The minimum absolute atomic E-state index is 0.0470. The third-order valence-electron chi connectivity index (χ3n) is 9.52. The third kappa shape index (κ3) is 26.5. The van der Waals surface area contributed by atoms with Gasteiger partial charge in [-0.3, -0.25) is 28.2 Å². The zero-order valence-corrected chi connectivity index (χ0v) is 46.7. The highest BCUT2D eigenvalue weighted by Gasteiger charge is 2.50. The number of unbranched alkanes of at least 4 members (excludes halogenated alkanes) is 3. The van der Waals surface area contributed by atoms with Gasteiger partial charge in [0.25, 0.3) is 5.56 Å². The molecule has 0 saturated carbocycles. The lowest BCUT2D eigenvalue weighted by molar-refractivity contribution is -0.122. The Bertz CT molecular complexity index is 2800. The number of ether oxygens (including phenoxy) is 6. The Labute approximate surface area is 442 Å². The molecule has 1 aliphatic heterocycles. The van der Waals surface area contributed by atoms with Crippen LogP contribution in [0.15, 0.2) is 40.1 Å². The third-order valence-corrected chi connectivity index (χ3v) is 18.8. The molecule has 3 aromatic rings. The smallest absolute Gasteiger partial charge is 0.490 e. The zero-order chi connectivity index (χ0) is 57.6. The molecule has 1 aromatic carbocycles. The number of aromatic nitrogens is 6. The summed E-state index contributed by atoms with van der Waals surface area (Å²) >= 11 is 0. The molecule has 0 aliphatic carbocycles. The number of carbonyl (C=O) groups excluding carboxylic acids is 1. The van der Waals surface area contributed by atoms with Crippen LogP contribution in [0.25, 0.3) is 11.4 Å². The van der Waals surface area contributed by atoms with Crippen molar-refractivity contribution >= 4 is 52.8 Å². The van der Waals surface area contributed by atoms with E-state index in [9.17, 15) is 76.2 Å². The van der Waals surface area contributed by atoms with Gasteiger partial charge in [-0.05, 0) is 51.0 Å². The van der Waals surface area contributed by atoms with Crippen molar-refractivity contribution in [3.63, 3.8) is 0 Å². The number of aliphatic hydroxyl groups excluding tert-OH is 1. The molecule has 78 heavy (non-hydrogen) atoms. The molecule has 36 nitrogen and oxygen atoms in total. The molecule has 0 radical (unpaired) electrons. The van der Waals surface area contributed by atoms with Gasteiger partial charge in [0.15, 0.2) is 5.82 Å². The van der Waals surface area contributed by atoms with Gasteiger partial charge < -0.3 is 68.2 Å². The summed E-state index contributed by atoms with van der Waals surface area (Å²) in [5.74, 6) is 1.28. The lowest BCUT2D eigenvalue weighted by Crippen LogP contribution is -2.33. The quantitative estimate of drug-likeness (QED) is 0.0291. The molecule has 0 spiro atoms. The monoisotopic (exact) mass is 1240 g/mol. The van der Waals surface area contributed by atoms with Gasteiger partial charge in [0, 0.05) is 36.7 Å². The first-order chi connectivity index (χ1) is 36.5. The lowest BCUT2D eigenvalue weighted by atomic mass is 10.2. The van der Waals surface area contributed by atoms with Crippen molar-refractivity contribution in [2.24, 2.45) is 0 Å². The van der Waals surface area contributed by atoms with Crippen molar-refractivity contribution in [2.45, 2.75) is 70.8 Å². The summed E-state index contributed by atoms with van der Waals surface area (Å²) in [6.07, 6.45) is -2.11. The van der Waals surface area contributed by atoms with Crippen LogP contribution in [0.3, 0.4) is 0 Å². The number of phosphoric acid groups is 6. The zero-order valence-electron chi connectivity index (χ0n) is 41.4. The van der Waals surface area contributed by atoms with Crippen molar-refractivity contribution in [3.8, 4) is 17.1 Å². The summed E-state index contributed by atoms with van der Waals surface area (Å²) in [7, 11) is -37.0. The van der Waals surface area contributed by atoms with Gasteiger partial charge in [0.1, 0.15) is 24.7 Å². The van der Waals surface area contributed by atoms with Crippen molar-refractivity contribution in [2.75, 3.05) is 79.2 Å². The first kappa shape index (κ1) is 67.2. The number of aryl methyl sites for hydroxylation is 2. The van der Waals surface area contributed by atoms with Gasteiger partial charge in [-0.1, -0.05) is 12.8 Å². The molecule has 1 amide bonds. The van der Waals surface area contributed by atoms with Crippen LogP contribution in [-0.4, -0.2) is 162 Å². The fourth-order valence-electron chi connectivity index (χ4n) is 6.08. The normalized spacial score (nSPS) is 20.3. The Kier molecular flexibility index (Phi) is 27.4. The average Bonchev–Trinajstić information content (AvgIpc) is 3.69. The maximum atomic E-state index is 12.3. The minimum Gasteiger partial charge on any atom is -0.491 e. The molecular formula is C36H59N7O29P6. The van der Waals surface area contributed by atoms with E-state index in [0.29, 0.717) is 76.3 Å². The molecule has 3 heterocycles. The Morgan fingerprint density at radius 1 is 0.654 bits per heavy atom. The minimum atomic E-state index is -6.51. The number of nitrogens with one attached hydrogen (secondary N) is 2. The predicted octanol–water partition coefficient (Wildman–Crippen LogP) is 1.98. The number of hydrogen-bond acceptors (Lipinski definition) is 27. The van der Waals surface area contributed by atoms with Gasteiger partial charge in [-0.15, -0.1) is 20.4 Å². The van der Waals surface area contributed by atoms with Crippen LogP contribution in [0.2, 0.25) is 0 Å². The second-order valence-corrected chi connectivity index (χ2v) is 25.3. The van der Waals surface area contributed by atoms with Crippen LogP contribution in [0.4, 0.5) is 0 Å². The second kappa shape index (κ2) is 31.8. The summed E-state index contributed by atoms with van der Waals surface area (Å²) in [4.78, 5) is 96.5. The number of aliphatic hydroxyl groups is 1. The number of benzene rings is 1. The van der Waals surface area contributed by atoms with Gasteiger partial charge in [-0.25, -0.2) is 32.2 Å². The van der Waals surface area contributed by atoms with Gasteiger partial charge in [0.05, 0.1) is 72.2 Å². The van der Waals surface area contributed by atoms with E-state index in [2.05, 4.69) is 56.3 Å². The second-order valence-electron chi connectivity index (χ2n) is 15.9. The molecule has 2 aromatic heterocycles. The number of nitrogens with zero attached hydrogens (tertiary/aromatic N) is 5. The molecule has 442 valence electrons. The van der Waals surface area contributed by atoms with E-state index >= 15 is 0 Å². The van der Waals surface area contributed by atoms with Crippen molar-refractivity contribution in [1.82, 2.24) is 35.3 Å². The summed E-state index contributed by atoms with van der Waals surface area (Å²) < 4.78 is 135. The van der Waals surface area contributed by atoms with Crippen LogP contribution in [0.1, 0.15) is 56.1 Å². The van der Waals surface area contributed by atoms with E-state index in [-0.39, 0.29) is 57.1 Å². The van der Waals surface area contributed by atoms with Gasteiger partial charge >= 0.3 is 52.6 Å². The van der Waals surface area contributed by atoms with E-state index in [1.165, 1.54) is 6.92 Å². The maximum absolute atomic E-state index is 12.3. The number of aromatic amines is 1. The molecule has 7 unspecified atom stereocenters. The van der Waals surface area contributed by atoms with Crippen molar-refractivity contribution in [1.29, 1.82) is 0 Å². The average molecular weight is 1240 g/mol. The fourth-order valence-corrected chi connectivity index (χ4v) is 13.9. The first-order valence-corrected chi connectivity index (χ1v) is 31.8. The summed E-state index contributed by atoms with van der Waals surface area (Å²) in [5, 5.41) is 28.7. The standard InChI is InChI=1S/C36H59N7O29P6/c1-26-24-43(36(47)38-35(26)46)33-23-30(44)31(67-33)25-66-74(50,51)69-76(54,55)71-78(58,59)72-77(56,57)70-75(52,53)68-73(48,49)65-13-6-4-3-5-12-37-32(45)11-14-60-15-16-61-17-18-62-19-20-63-21-22-64-29-9-7-28(8-10-29)34-41-39-27(2)40-42-34/h7-10,24,30-31,33,44H,3-6,11-23,25H2,1-2H3,(H,37,45)(H,48,49)(H,50,51)(H,52,53)(H,54,55)(H,56,57)(H,58,59)(H,38,46,47)/t30?,31-,33-/m1/s1. The van der Waals surface area contributed by atoms with Crippen LogP contribution < -0.4 is 21.3 Å². The number of phosphoric ester groups is 2. The molecule has 1 fully saturated rings. The number of amides is 1. The molecule has 0 bridgehead atoms. The maximum Gasteiger partial charge on any atom is 0.490 e. The van der Waals surface area contributed by atoms with E-state index in [1.807, 2.05) is 4.98 Å². The Balaban J connectivity index is 0.966. The summed E-state index contributed by atoms with van der Waals surface area (Å²) in [6.45, 7) is 4.41. The van der Waals surface area contributed by atoms with Crippen molar-refractivity contribution < 1.29 is 126 Å². The Hall–Kier alpha value is -3.27. The lowest BCUT2D eigenvalue weighted by Gasteiger charge is -2.21. The molecule has 1 aliphatic rings. The number of H-pyrrole nitrogens is 1. The molecule has 9 N–H and O–H groups in total. The highest BCUT2D eigenvalue weighted by Crippen LogP contribution is 2.75. The Morgan fingerprint density at radius 3 is 1.69 bits per heavy atom. The Morgan fingerprint density at radius 2 is 1.14 bits per heavy atom. The number of hydrogen-bond donors (Lipinski definition) is 9. The van der Waals surface area contributed by atoms with Crippen LogP contribution >= 0.6 is 46.9 Å². The topological polar surface area (TPSA) is 500 Å². The molecule has 4 rings (SSSR count). The van der Waals surface area contributed by atoms with E-state index in [0.717, 1.165) is 16.3 Å². The predicted molar refractivity (Wildman–Crippen MR) is 260 cm³/mol. The molecule has 42 heteroatoms. The number of carbonyl (C=O) groups is 1. The van der Waals surface area contributed by atoms with E-state index in [4.69, 9.17) is 28.4 Å². The SMILES string of the molecule is Cc1nnc(-c2ccc(OCCOCCOCCOCCOCCC(=O)NCCCCCCOP(=O)(O)OP(=O)(O)OP(=O)(O)OP(=O)(O)OP(=O)(O)OP(=O)(O)OC[C@H]3O[C@@H](n4cc(C)c(=O)[nH]c4=O)CC3O)cc2)nn1. The summed E-state index contributed by atoms with van der Waals surface area (Å²) in [5.41, 5.74) is -0.809. The van der Waals surface area contributed by atoms with E-state index < -0.39 is 89.8 Å². The van der Waals surface area contributed by atoms with Gasteiger partial charge in [0.2, 0.25) is 11.7 Å². The highest BCUT2D eigenvalue weighted by atomic mass is 31.3. The largest absolute Gasteiger partial charge is 0.491 e. The van der Waals surface area contributed by atoms with Crippen LogP contribution in [-0.2, 0) is 86.5 Å². The molecular weight excluding hydrogens is 1180 g/mol. The van der Waals surface area contributed by atoms with Crippen LogP contribution in [0.5, 0.6) is 5.75 Å². The van der Waals surface area contributed by atoms with Crippen molar-refractivity contribution in [3.05, 3.63) is 62.7 Å². The first-order valence-electron chi connectivity index (χ1n) is 22.9. The molecule has 1 saturated heterocycles. The molecule has 9 atom stereocenters. The van der Waals surface area contributed by atoms with Crippen LogP contribution in [0, 0.1) is 13.8 Å². The van der Waals surface area contributed by atoms with Gasteiger partial charge in [-0.2, -0.15) is 21.6 Å². The fraction of sp³-hybridized carbons (Fsp3) is 0.639. The summed E-state index contributed by atoms with van der Waals surface area (Å²) in [6, 6.07) is 7.19. The highest BCUT2D eigenvalue weighted by molar-refractivity contribution is 7.72. The van der Waals surface area contributed by atoms with E-state index in [1.54, 1.807) is 31.2 Å².